The van der Waals surface area contributed by atoms with Gasteiger partial charge in [0.15, 0.2) is 11.5 Å². The van der Waals surface area contributed by atoms with E-state index < -0.39 is 0 Å². The Morgan fingerprint density at radius 3 is 2.52 bits per heavy atom. The molecule has 0 spiro atoms. The van der Waals surface area contributed by atoms with Gasteiger partial charge >= 0.3 is 0 Å². The highest BCUT2D eigenvalue weighted by molar-refractivity contribution is 5.94. The Morgan fingerprint density at radius 2 is 1.83 bits per heavy atom. The lowest BCUT2D eigenvalue weighted by atomic mass is 10.2. The molecular weight excluding hydrogens is 341 g/mol. The van der Waals surface area contributed by atoms with E-state index in [1.165, 1.54) is 0 Å². The molecule has 8 heteroatoms. The maximum Gasteiger partial charge on any atom is 0.241 e. The first-order chi connectivity index (χ1) is 10.2. The smallest absolute Gasteiger partial charge is 0.241 e. The highest BCUT2D eigenvalue weighted by Gasteiger charge is 2.23. The van der Waals surface area contributed by atoms with E-state index in [0.29, 0.717) is 19.0 Å². The Balaban J connectivity index is 0.00000132. The zero-order valence-corrected chi connectivity index (χ0v) is 14.7. The van der Waals surface area contributed by atoms with Gasteiger partial charge in [-0.1, -0.05) is 0 Å². The van der Waals surface area contributed by atoms with E-state index in [9.17, 15) is 4.79 Å². The molecule has 1 saturated heterocycles. The van der Waals surface area contributed by atoms with E-state index in [-0.39, 0.29) is 36.8 Å². The largest absolute Gasteiger partial charge is 0.486 e. The van der Waals surface area contributed by atoms with Gasteiger partial charge in [0.05, 0.1) is 6.04 Å². The molecule has 1 unspecified atom stereocenters. The molecule has 0 saturated carbocycles. The lowest BCUT2D eigenvalue weighted by molar-refractivity contribution is -0.120. The Labute approximate surface area is 148 Å². The molecule has 2 aliphatic heterocycles. The quantitative estimate of drug-likeness (QED) is 0.852. The molecule has 1 atom stereocenters. The third kappa shape index (κ3) is 4.88. The van der Waals surface area contributed by atoms with Crippen LogP contribution in [0.1, 0.15) is 6.92 Å². The molecule has 0 aromatic heterocycles. The van der Waals surface area contributed by atoms with Crippen LogP contribution in [0.25, 0.3) is 0 Å². The van der Waals surface area contributed by atoms with Crippen LogP contribution < -0.4 is 20.1 Å². The highest BCUT2D eigenvalue weighted by atomic mass is 35.5. The van der Waals surface area contributed by atoms with Crippen molar-refractivity contribution in [2.75, 3.05) is 44.7 Å². The molecule has 1 amide bonds. The summed E-state index contributed by atoms with van der Waals surface area (Å²) in [6, 6.07) is 5.35. The van der Waals surface area contributed by atoms with Crippen LogP contribution in [-0.4, -0.2) is 56.2 Å². The second-order valence-electron chi connectivity index (χ2n) is 5.31. The minimum absolute atomic E-state index is 0. The van der Waals surface area contributed by atoms with Crippen molar-refractivity contribution in [3.8, 4) is 11.5 Å². The summed E-state index contributed by atoms with van der Waals surface area (Å²) in [5.41, 5.74) is 0.742. The fraction of sp³-hybridized carbons (Fsp3) is 0.533. The topological polar surface area (TPSA) is 62.8 Å². The van der Waals surface area contributed by atoms with Gasteiger partial charge in [-0.15, -0.1) is 24.8 Å². The number of hydrogen-bond acceptors (Lipinski definition) is 5. The molecule has 0 radical (unpaired) electrons. The molecule has 2 N–H and O–H groups in total. The number of rotatable bonds is 3. The van der Waals surface area contributed by atoms with Crippen molar-refractivity contribution in [3.05, 3.63) is 18.2 Å². The van der Waals surface area contributed by atoms with Gasteiger partial charge in [0.2, 0.25) is 5.91 Å². The van der Waals surface area contributed by atoms with Crippen LogP contribution in [-0.2, 0) is 4.79 Å². The summed E-state index contributed by atoms with van der Waals surface area (Å²) < 4.78 is 11.0. The lowest BCUT2D eigenvalue weighted by Gasteiger charge is -2.31. The van der Waals surface area contributed by atoms with E-state index in [4.69, 9.17) is 9.47 Å². The average molecular weight is 364 g/mol. The van der Waals surface area contributed by atoms with Crippen LogP contribution in [0.3, 0.4) is 0 Å². The van der Waals surface area contributed by atoms with E-state index >= 15 is 0 Å². The maximum absolute atomic E-state index is 12.3. The number of anilines is 1. The zero-order chi connectivity index (χ0) is 14.7. The van der Waals surface area contributed by atoms with Crippen molar-refractivity contribution in [1.29, 1.82) is 0 Å². The number of nitrogens with one attached hydrogen (secondary N) is 2. The van der Waals surface area contributed by atoms with E-state index in [2.05, 4.69) is 15.5 Å². The minimum Gasteiger partial charge on any atom is -0.486 e. The first-order valence-corrected chi connectivity index (χ1v) is 7.39. The number of piperazine rings is 1. The Hall–Kier alpha value is -1.21. The molecule has 2 aliphatic rings. The van der Waals surface area contributed by atoms with Crippen molar-refractivity contribution in [3.63, 3.8) is 0 Å². The summed E-state index contributed by atoms with van der Waals surface area (Å²) >= 11 is 0. The van der Waals surface area contributed by atoms with Gasteiger partial charge in [-0.3, -0.25) is 9.69 Å². The summed E-state index contributed by atoms with van der Waals surface area (Å²) in [7, 11) is 0. The standard InChI is InChI=1S/C15H21N3O3.2ClH/c1-11(18-6-4-16-5-7-18)15(19)17-12-2-3-13-14(10-12)21-9-8-20-13;;/h2-3,10-11,16H,4-9H2,1H3,(H,17,19);2*1H. The number of nitrogens with zero attached hydrogens (tertiary/aromatic N) is 1. The fourth-order valence-electron chi connectivity index (χ4n) is 2.60. The van der Waals surface area contributed by atoms with Crippen LogP contribution in [0.2, 0.25) is 0 Å². The predicted molar refractivity (Wildman–Crippen MR) is 94.5 cm³/mol. The molecule has 130 valence electrons. The van der Waals surface area contributed by atoms with E-state index in [0.717, 1.165) is 37.6 Å². The van der Waals surface area contributed by atoms with Gasteiger partial charge < -0.3 is 20.1 Å². The molecule has 3 rings (SSSR count). The number of fused-ring (bicyclic) bond motifs is 1. The number of carbonyl (C=O) groups is 1. The van der Waals surface area contributed by atoms with Crippen LogP contribution in [0.15, 0.2) is 18.2 Å². The number of ether oxygens (including phenoxy) is 2. The predicted octanol–water partition coefficient (Wildman–Crippen LogP) is 1.53. The average Bonchev–Trinajstić information content (AvgIpc) is 2.55. The summed E-state index contributed by atoms with van der Waals surface area (Å²) in [6.45, 7) is 6.72. The monoisotopic (exact) mass is 363 g/mol. The summed E-state index contributed by atoms with van der Waals surface area (Å²) in [4.78, 5) is 14.5. The molecule has 1 fully saturated rings. The molecule has 0 aliphatic carbocycles. The van der Waals surface area contributed by atoms with Crippen LogP contribution in [0, 0.1) is 0 Å². The molecule has 23 heavy (non-hydrogen) atoms. The van der Waals surface area contributed by atoms with E-state index in [1.54, 1.807) is 0 Å². The van der Waals surface area contributed by atoms with E-state index in [1.807, 2.05) is 25.1 Å². The number of carbonyl (C=O) groups excluding carboxylic acids is 1. The zero-order valence-electron chi connectivity index (χ0n) is 13.0. The van der Waals surface area contributed by atoms with Crippen LogP contribution in [0.4, 0.5) is 5.69 Å². The molecule has 2 heterocycles. The fourth-order valence-corrected chi connectivity index (χ4v) is 2.60. The van der Waals surface area contributed by atoms with Gasteiger partial charge in [0.25, 0.3) is 0 Å². The Bertz CT molecular complexity index is 525. The summed E-state index contributed by atoms with van der Waals surface area (Å²) in [5.74, 6) is 1.43. The van der Waals surface area contributed by atoms with Gasteiger partial charge in [0.1, 0.15) is 13.2 Å². The van der Waals surface area contributed by atoms with Gasteiger partial charge in [-0.25, -0.2) is 0 Å². The number of hydrogen-bond donors (Lipinski definition) is 2. The second kappa shape index (κ2) is 9.17. The summed E-state index contributed by atoms with van der Waals surface area (Å²) in [5, 5.41) is 6.24. The summed E-state index contributed by atoms with van der Waals surface area (Å²) in [6.07, 6.45) is 0. The van der Waals surface area contributed by atoms with Crippen molar-refractivity contribution >= 4 is 36.4 Å². The van der Waals surface area contributed by atoms with Crippen molar-refractivity contribution < 1.29 is 14.3 Å². The Morgan fingerprint density at radius 1 is 1.17 bits per heavy atom. The number of halogens is 2. The lowest BCUT2D eigenvalue weighted by Crippen LogP contribution is -2.51. The van der Waals surface area contributed by atoms with Gasteiger partial charge in [-0.05, 0) is 19.1 Å². The molecule has 6 nitrogen and oxygen atoms in total. The van der Waals surface area contributed by atoms with Gasteiger partial charge in [-0.2, -0.15) is 0 Å². The highest BCUT2D eigenvalue weighted by Crippen LogP contribution is 2.32. The first-order valence-electron chi connectivity index (χ1n) is 7.39. The minimum atomic E-state index is -0.139. The second-order valence-corrected chi connectivity index (χ2v) is 5.31. The van der Waals surface area contributed by atoms with Crippen LogP contribution >= 0.6 is 24.8 Å². The Kier molecular flexibility index (Phi) is 7.91. The normalized spacial score (nSPS) is 18.1. The number of amides is 1. The third-order valence-corrected chi connectivity index (χ3v) is 3.89. The molecular formula is C15H23Cl2N3O3. The van der Waals surface area contributed by atoms with Crippen molar-refractivity contribution in [2.24, 2.45) is 0 Å². The maximum atomic E-state index is 12.3. The third-order valence-electron chi connectivity index (χ3n) is 3.89. The van der Waals surface area contributed by atoms with Crippen molar-refractivity contribution in [1.82, 2.24) is 10.2 Å². The van der Waals surface area contributed by atoms with Crippen LogP contribution in [0.5, 0.6) is 11.5 Å². The van der Waals surface area contributed by atoms with Gasteiger partial charge in [0, 0.05) is 37.9 Å². The van der Waals surface area contributed by atoms with Crippen molar-refractivity contribution in [2.45, 2.75) is 13.0 Å². The molecule has 0 bridgehead atoms. The molecule has 1 aromatic carbocycles. The number of benzene rings is 1. The molecule has 1 aromatic rings. The first kappa shape index (κ1) is 19.8. The SMILES string of the molecule is CC(C(=O)Nc1ccc2c(c1)OCCO2)N1CCNCC1.Cl.Cl.